The molecule has 1 aromatic carbocycles. The Hall–Kier alpha value is -0.915. The van der Waals surface area contributed by atoms with Crippen molar-refractivity contribution in [3.05, 3.63) is 24.3 Å². The van der Waals surface area contributed by atoms with E-state index in [1.54, 1.807) is 0 Å². The summed E-state index contributed by atoms with van der Waals surface area (Å²) in [6.45, 7) is 4.39. The third-order valence-corrected chi connectivity index (χ3v) is 2.22. The first-order valence-corrected chi connectivity index (χ1v) is 4.41. The van der Waals surface area contributed by atoms with Crippen LogP contribution < -0.4 is 10.4 Å². The summed E-state index contributed by atoms with van der Waals surface area (Å²) in [4.78, 5) is 2.26. The molecule has 0 spiro atoms. The van der Waals surface area contributed by atoms with Crippen LogP contribution in [0.25, 0.3) is 0 Å². The number of rotatable bonds is 2. The van der Waals surface area contributed by atoms with Gasteiger partial charge < -0.3 is 4.90 Å². The Balaban J connectivity index is 2.82. The highest BCUT2D eigenvalue weighted by Gasteiger charge is 2.02. The van der Waals surface area contributed by atoms with E-state index in [-0.39, 0.29) is 0 Å². The summed E-state index contributed by atoms with van der Waals surface area (Å²) in [6.07, 6.45) is 0. The summed E-state index contributed by atoms with van der Waals surface area (Å²) in [5, 5.41) is 0. The van der Waals surface area contributed by atoms with E-state index in [4.69, 9.17) is 0 Å². The predicted molar refractivity (Wildman–Crippen MR) is 58.2 cm³/mol. The first-order valence-electron chi connectivity index (χ1n) is 4.41. The van der Waals surface area contributed by atoms with Crippen molar-refractivity contribution >= 4 is 19.0 Å². The van der Waals surface area contributed by atoms with E-state index >= 15 is 0 Å². The molecular formula is C10H16BN. The van der Waals surface area contributed by atoms with Crippen LogP contribution in [-0.4, -0.2) is 20.9 Å². The van der Waals surface area contributed by atoms with E-state index < -0.39 is 0 Å². The third-order valence-electron chi connectivity index (χ3n) is 2.22. The van der Waals surface area contributed by atoms with Crippen molar-refractivity contribution in [2.45, 2.75) is 19.9 Å². The van der Waals surface area contributed by atoms with Gasteiger partial charge in [0.05, 0.1) is 0 Å². The van der Waals surface area contributed by atoms with Gasteiger partial charge in [-0.1, -0.05) is 17.6 Å². The van der Waals surface area contributed by atoms with Crippen molar-refractivity contribution in [2.24, 2.45) is 0 Å². The molecule has 0 saturated carbocycles. The average Bonchev–Trinajstić information content (AvgIpc) is 2.04. The summed E-state index contributed by atoms with van der Waals surface area (Å²) >= 11 is 0. The second-order valence-electron chi connectivity index (χ2n) is 3.54. The van der Waals surface area contributed by atoms with Gasteiger partial charge in [-0.15, -0.1) is 0 Å². The molecule has 0 bridgehead atoms. The molecule has 0 atom stereocenters. The van der Waals surface area contributed by atoms with Gasteiger partial charge in [0.1, 0.15) is 7.85 Å². The number of anilines is 1. The summed E-state index contributed by atoms with van der Waals surface area (Å²) in [7, 11) is 4.23. The van der Waals surface area contributed by atoms with Crippen LogP contribution in [0.2, 0.25) is 0 Å². The molecule has 1 nitrogen and oxygen atoms in total. The minimum Gasteiger partial charge on any atom is -0.372 e. The number of benzene rings is 1. The van der Waals surface area contributed by atoms with Gasteiger partial charge in [0, 0.05) is 18.8 Å². The lowest BCUT2D eigenvalue weighted by atomic mass is 9.96. The van der Waals surface area contributed by atoms with Crippen molar-refractivity contribution in [1.29, 1.82) is 0 Å². The van der Waals surface area contributed by atoms with Gasteiger partial charge >= 0.3 is 0 Å². The number of hydrogen-bond donors (Lipinski definition) is 0. The topological polar surface area (TPSA) is 3.24 Å². The lowest BCUT2D eigenvalue weighted by molar-refractivity contribution is 0.755. The normalized spacial score (nSPS) is 10.3. The van der Waals surface area contributed by atoms with Gasteiger partial charge in [-0.05, 0) is 26.0 Å². The molecule has 0 aliphatic rings. The second-order valence-corrected chi connectivity index (χ2v) is 3.54. The van der Waals surface area contributed by atoms with Gasteiger partial charge in [-0.3, -0.25) is 0 Å². The van der Waals surface area contributed by atoms with Crippen LogP contribution in [0.5, 0.6) is 0 Å². The standard InChI is InChI=1S/C10H16BN/c1-8(2)12(3)10-6-4-9(11)5-7-10/h4-8H,11H2,1-3H3. The first-order chi connectivity index (χ1) is 5.61. The molecule has 0 aliphatic heterocycles. The maximum atomic E-state index is 2.26. The highest BCUT2D eigenvalue weighted by Crippen LogP contribution is 2.12. The van der Waals surface area contributed by atoms with Crippen LogP contribution in [0, 0.1) is 0 Å². The van der Waals surface area contributed by atoms with Crippen LogP contribution in [-0.2, 0) is 0 Å². The van der Waals surface area contributed by atoms with E-state index in [1.165, 1.54) is 11.2 Å². The monoisotopic (exact) mass is 161 g/mol. The lowest BCUT2D eigenvalue weighted by Gasteiger charge is -2.23. The molecular weight excluding hydrogens is 145 g/mol. The molecule has 12 heavy (non-hydrogen) atoms. The van der Waals surface area contributed by atoms with Crippen LogP contribution >= 0.6 is 0 Å². The highest BCUT2D eigenvalue weighted by atomic mass is 15.1. The SMILES string of the molecule is Bc1ccc(N(C)C(C)C)cc1. The Labute approximate surface area is 75.8 Å². The Bertz CT molecular complexity index is 241. The van der Waals surface area contributed by atoms with Gasteiger partial charge in [0.15, 0.2) is 0 Å². The summed E-state index contributed by atoms with van der Waals surface area (Å²) < 4.78 is 0. The first kappa shape index (κ1) is 9.18. The Morgan fingerprint density at radius 1 is 1.17 bits per heavy atom. The molecule has 0 saturated heterocycles. The van der Waals surface area contributed by atoms with Gasteiger partial charge in [0.2, 0.25) is 0 Å². The molecule has 0 unspecified atom stereocenters. The molecule has 64 valence electrons. The second kappa shape index (κ2) is 3.66. The summed E-state index contributed by atoms with van der Waals surface area (Å²) in [5.41, 5.74) is 2.60. The molecule has 0 N–H and O–H groups in total. The smallest absolute Gasteiger partial charge is 0.139 e. The fourth-order valence-electron chi connectivity index (χ4n) is 1.08. The maximum Gasteiger partial charge on any atom is 0.139 e. The fourth-order valence-corrected chi connectivity index (χ4v) is 1.08. The van der Waals surface area contributed by atoms with Crippen LogP contribution in [0.1, 0.15) is 13.8 Å². The van der Waals surface area contributed by atoms with Crippen LogP contribution in [0.15, 0.2) is 24.3 Å². The maximum absolute atomic E-state index is 2.26. The van der Waals surface area contributed by atoms with Crippen molar-refractivity contribution in [2.75, 3.05) is 11.9 Å². The molecule has 0 aliphatic carbocycles. The molecule has 1 rings (SSSR count). The third kappa shape index (κ3) is 2.03. The molecule has 1 aromatic rings. The van der Waals surface area contributed by atoms with Crippen molar-refractivity contribution in [1.82, 2.24) is 0 Å². The molecule has 0 heterocycles. The zero-order chi connectivity index (χ0) is 9.14. The number of nitrogens with zero attached hydrogens (tertiary/aromatic N) is 1. The lowest BCUT2D eigenvalue weighted by Crippen LogP contribution is -2.25. The molecule has 0 radical (unpaired) electrons. The van der Waals surface area contributed by atoms with Gasteiger partial charge in [0.25, 0.3) is 0 Å². The van der Waals surface area contributed by atoms with Gasteiger partial charge in [-0.2, -0.15) is 0 Å². The van der Waals surface area contributed by atoms with E-state index in [2.05, 4.69) is 57.9 Å². The van der Waals surface area contributed by atoms with Gasteiger partial charge in [-0.25, -0.2) is 0 Å². The zero-order valence-corrected chi connectivity index (χ0v) is 8.33. The number of hydrogen-bond acceptors (Lipinski definition) is 1. The largest absolute Gasteiger partial charge is 0.372 e. The fraction of sp³-hybridized carbons (Fsp3) is 0.400. The van der Waals surface area contributed by atoms with E-state index in [0.717, 1.165) is 0 Å². The van der Waals surface area contributed by atoms with Crippen molar-refractivity contribution in [3.8, 4) is 0 Å². The minimum absolute atomic E-state index is 0.563. The Morgan fingerprint density at radius 3 is 2.08 bits per heavy atom. The van der Waals surface area contributed by atoms with Crippen LogP contribution in [0.4, 0.5) is 5.69 Å². The van der Waals surface area contributed by atoms with Crippen molar-refractivity contribution in [3.63, 3.8) is 0 Å². The zero-order valence-electron chi connectivity index (χ0n) is 8.33. The van der Waals surface area contributed by atoms with Crippen LogP contribution in [0.3, 0.4) is 0 Å². The Morgan fingerprint density at radius 2 is 1.67 bits per heavy atom. The van der Waals surface area contributed by atoms with Crippen molar-refractivity contribution < 1.29 is 0 Å². The quantitative estimate of drug-likeness (QED) is 0.579. The molecule has 2 heteroatoms. The molecule has 0 amide bonds. The van der Waals surface area contributed by atoms with E-state index in [1.807, 2.05) is 0 Å². The minimum atomic E-state index is 0.563. The molecule has 0 fully saturated rings. The Kier molecular flexibility index (Phi) is 2.80. The predicted octanol–water partition coefficient (Wildman–Crippen LogP) is 0.790. The summed E-state index contributed by atoms with van der Waals surface area (Å²) in [6, 6.07) is 9.18. The molecule has 0 aromatic heterocycles. The average molecular weight is 161 g/mol. The highest BCUT2D eigenvalue weighted by molar-refractivity contribution is 6.32. The van der Waals surface area contributed by atoms with E-state index in [9.17, 15) is 0 Å². The van der Waals surface area contributed by atoms with E-state index in [0.29, 0.717) is 6.04 Å². The summed E-state index contributed by atoms with van der Waals surface area (Å²) in [5.74, 6) is 0.